The Labute approximate surface area is 167 Å². The maximum atomic E-state index is 11.8. The highest BCUT2D eigenvalue weighted by atomic mass is 16.6. The van der Waals surface area contributed by atoms with Crippen LogP contribution in [-0.4, -0.2) is 26.6 Å². The quantitative estimate of drug-likeness (QED) is 0.460. The van der Waals surface area contributed by atoms with Gasteiger partial charge in [0.15, 0.2) is 5.52 Å². The van der Waals surface area contributed by atoms with E-state index in [-0.39, 0.29) is 11.2 Å². The van der Waals surface area contributed by atoms with Crippen LogP contribution in [0.5, 0.6) is 11.5 Å². The van der Waals surface area contributed by atoms with Crippen LogP contribution < -0.4 is 9.64 Å². The second kappa shape index (κ2) is 7.38. The minimum absolute atomic E-state index is 0.108. The molecule has 8 nitrogen and oxygen atoms in total. The number of anilines is 1. The lowest BCUT2D eigenvalue weighted by Gasteiger charge is -2.33. The Morgan fingerprint density at radius 3 is 2.52 bits per heavy atom. The van der Waals surface area contributed by atoms with Crippen molar-refractivity contribution in [3.63, 3.8) is 0 Å². The van der Waals surface area contributed by atoms with E-state index in [9.17, 15) is 20.0 Å². The Morgan fingerprint density at radius 2 is 1.90 bits per heavy atom. The van der Waals surface area contributed by atoms with Gasteiger partial charge in [-0.15, -0.1) is 0 Å². The van der Waals surface area contributed by atoms with Crippen molar-refractivity contribution < 1.29 is 19.6 Å². The van der Waals surface area contributed by atoms with E-state index in [0.717, 1.165) is 5.56 Å². The van der Waals surface area contributed by atoms with Crippen LogP contribution in [0, 0.1) is 17.0 Å². The molecule has 29 heavy (non-hydrogen) atoms. The number of nitro benzene ring substituents is 1. The monoisotopic (exact) mass is 395 g/mol. The van der Waals surface area contributed by atoms with Gasteiger partial charge in [0, 0.05) is 23.9 Å². The summed E-state index contributed by atoms with van der Waals surface area (Å²) in [6.07, 6.45) is 0.375. The second-order valence-electron chi connectivity index (χ2n) is 7.58. The van der Waals surface area contributed by atoms with Crippen LogP contribution in [0.2, 0.25) is 0 Å². The van der Waals surface area contributed by atoms with E-state index >= 15 is 0 Å². The second-order valence-corrected chi connectivity index (χ2v) is 7.58. The Balaban J connectivity index is 2.09. The first-order valence-electron chi connectivity index (χ1n) is 8.93. The molecule has 1 aromatic heterocycles. The van der Waals surface area contributed by atoms with Gasteiger partial charge in [0.25, 0.3) is 5.69 Å². The number of ether oxygens (including phenoxy) is 1. The smallest absolute Gasteiger partial charge is 0.412 e. The summed E-state index contributed by atoms with van der Waals surface area (Å²) in [4.78, 5) is 28.0. The molecule has 0 spiro atoms. The molecule has 1 amide bonds. The molecule has 3 rings (SSSR count). The number of rotatable bonds is 4. The third-order valence-corrected chi connectivity index (χ3v) is 4.42. The van der Waals surface area contributed by atoms with Crippen molar-refractivity contribution in [2.75, 3.05) is 4.90 Å². The maximum absolute atomic E-state index is 11.8. The first kappa shape index (κ1) is 20.1. The lowest BCUT2D eigenvalue weighted by atomic mass is 10.0. The van der Waals surface area contributed by atoms with Gasteiger partial charge in [0.1, 0.15) is 11.5 Å². The van der Waals surface area contributed by atoms with Crippen LogP contribution in [-0.2, 0) is 0 Å². The van der Waals surface area contributed by atoms with Crippen LogP contribution >= 0.6 is 0 Å². The molecule has 0 aliphatic carbocycles. The molecular formula is C21H21N3O5. The Morgan fingerprint density at radius 1 is 1.17 bits per heavy atom. The SMILES string of the molecule is Cc1ccc(N(C(=O)O)C(C)(C)C)cc1Oc1ccnc2c([N+](=O)[O-])cccc12. The number of benzene rings is 2. The fourth-order valence-electron chi connectivity index (χ4n) is 3.11. The number of amides is 1. The maximum Gasteiger partial charge on any atom is 0.412 e. The van der Waals surface area contributed by atoms with E-state index in [2.05, 4.69) is 4.98 Å². The van der Waals surface area contributed by atoms with Gasteiger partial charge in [0.2, 0.25) is 0 Å². The van der Waals surface area contributed by atoms with Crippen LogP contribution in [0.1, 0.15) is 26.3 Å². The molecule has 150 valence electrons. The van der Waals surface area contributed by atoms with E-state index in [4.69, 9.17) is 4.74 Å². The zero-order chi connectivity index (χ0) is 21.3. The number of aromatic nitrogens is 1. The van der Waals surface area contributed by atoms with Crippen molar-refractivity contribution in [2.45, 2.75) is 33.2 Å². The number of pyridine rings is 1. The highest BCUT2D eigenvalue weighted by Gasteiger charge is 2.28. The van der Waals surface area contributed by atoms with E-state index in [1.807, 2.05) is 6.92 Å². The molecule has 8 heteroatoms. The van der Waals surface area contributed by atoms with Crippen molar-refractivity contribution in [1.82, 2.24) is 4.98 Å². The van der Waals surface area contributed by atoms with Gasteiger partial charge in [-0.1, -0.05) is 12.1 Å². The van der Waals surface area contributed by atoms with Crippen LogP contribution in [0.25, 0.3) is 10.9 Å². The van der Waals surface area contributed by atoms with E-state index in [0.29, 0.717) is 22.6 Å². The summed E-state index contributed by atoms with van der Waals surface area (Å²) in [5.41, 5.74) is 0.731. The summed E-state index contributed by atoms with van der Waals surface area (Å²) in [6.45, 7) is 7.25. The summed E-state index contributed by atoms with van der Waals surface area (Å²) in [7, 11) is 0. The first-order chi connectivity index (χ1) is 13.6. The molecule has 0 aliphatic heterocycles. The molecule has 0 atom stereocenters. The highest BCUT2D eigenvalue weighted by molar-refractivity contribution is 5.92. The van der Waals surface area contributed by atoms with E-state index < -0.39 is 16.6 Å². The van der Waals surface area contributed by atoms with Gasteiger partial charge < -0.3 is 9.84 Å². The van der Waals surface area contributed by atoms with Crippen LogP contribution in [0.15, 0.2) is 48.7 Å². The Hall–Kier alpha value is -3.68. The number of para-hydroxylation sites is 1. The van der Waals surface area contributed by atoms with Crippen LogP contribution in [0.3, 0.4) is 0 Å². The molecule has 3 aromatic rings. The predicted octanol–water partition coefficient (Wildman–Crippen LogP) is 5.53. The summed E-state index contributed by atoms with van der Waals surface area (Å²) >= 11 is 0. The molecule has 1 heterocycles. The molecule has 0 saturated carbocycles. The summed E-state index contributed by atoms with van der Waals surface area (Å²) in [5, 5.41) is 21.4. The molecule has 0 bridgehead atoms. The summed E-state index contributed by atoms with van der Waals surface area (Å²) in [6, 6.07) is 11.4. The highest BCUT2D eigenvalue weighted by Crippen LogP contribution is 2.36. The van der Waals surface area contributed by atoms with Crippen molar-refractivity contribution in [2.24, 2.45) is 0 Å². The van der Waals surface area contributed by atoms with E-state index in [1.54, 1.807) is 57.2 Å². The van der Waals surface area contributed by atoms with Gasteiger partial charge in [0.05, 0.1) is 16.0 Å². The van der Waals surface area contributed by atoms with Gasteiger partial charge in [-0.3, -0.25) is 15.0 Å². The number of nitro groups is 1. The van der Waals surface area contributed by atoms with E-state index in [1.165, 1.54) is 17.2 Å². The number of carboxylic acid groups (broad SMARTS) is 1. The normalized spacial score (nSPS) is 11.3. The van der Waals surface area contributed by atoms with Crippen molar-refractivity contribution >= 4 is 28.4 Å². The fourth-order valence-corrected chi connectivity index (χ4v) is 3.11. The topological polar surface area (TPSA) is 106 Å². The molecule has 1 N–H and O–H groups in total. The third-order valence-electron chi connectivity index (χ3n) is 4.42. The largest absolute Gasteiger partial charge is 0.465 e. The Bertz CT molecular complexity index is 1110. The Kier molecular flexibility index (Phi) is 5.11. The van der Waals surface area contributed by atoms with Gasteiger partial charge >= 0.3 is 6.09 Å². The summed E-state index contributed by atoms with van der Waals surface area (Å²) in [5.74, 6) is 0.855. The summed E-state index contributed by atoms with van der Waals surface area (Å²) < 4.78 is 6.06. The van der Waals surface area contributed by atoms with Gasteiger partial charge in [-0.05, 0) is 51.5 Å². The number of carbonyl (C=O) groups is 1. The predicted molar refractivity (Wildman–Crippen MR) is 110 cm³/mol. The standard InChI is InChI=1S/C21H21N3O5/c1-13-8-9-14(23(20(25)26)21(2,3)4)12-18(13)29-17-10-11-22-19-15(17)6-5-7-16(19)24(27)28/h5-12H,1-4H3,(H,25,26). The molecule has 2 aromatic carbocycles. The molecule has 0 radical (unpaired) electrons. The first-order valence-corrected chi connectivity index (χ1v) is 8.93. The zero-order valence-corrected chi connectivity index (χ0v) is 16.5. The molecular weight excluding hydrogens is 374 g/mol. The number of hydrogen-bond acceptors (Lipinski definition) is 5. The van der Waals surface area contributed by atoms with Crippen molar-refractivity contribution in [3.8, 4) is 11.5 Å². The molecule has 0 saturated heterocycles. The molecule has 0 aliphatic rings. The molecule has 0 unspecified atom stereocenters. The number of aryl methyl sites for hydroxylation is 1. The zero-order valence-electron chi connectivity index (χ0n) is 16.5. The number of fused-ring (bicyclic) bond motifs is 1. The fraction of sp³-hybridized carbons (Fsp3) is 0.238. The molecule has 0 fully saturated rings. The van der Waals surface area contributed by atoms with Gasteiger partial charge in [-0.25, -0.2) is 9.78 Å². The lowest BCUT2D eigenvalue weighted by molar-refractivity contribution is -0.383. The number of hydrogen-bond donors (Lipinski definition) is 1. The van der Waals surface area contributed by atoms with Gasteiger partial charge in [-0.2, -0.15) is 0 Å². The third kappa shape index (κ3) is 3.96. The number of non-ortho nitro benzene ring substituents is 1. The van der Waals surface area contributed by atoms with Crippen molar-refractivity contribution in [3.05, 3.63) is 64.3 Å². The lowest BCUT2D eigenvalue weighted by Crippen LogP contribution is -2.45. The average Bonchev–Trinajstić information content (AvgIpc) is 2.62. The van der Waals surface area contributed by atoms with Crippen molar-refractivity contribution in [1.29, 1.82) is 0 Å². The minimum atomic E-state index is -1.07. The van der Waals surface area contributed by atoms with Crippen LogP contribution in [0.4, 0.5) is 16.2 Å². The minimum Gasteiger partial charge on any atom is -0.465 e. The average molecular weight is 395 g/mol. The number of nitrogens with zero attached hydrogens (tertiary/aromatic N) is 3.